The van der Waals surface area contributed by atoms with Crippen molar-refractivity contribution in [3.63, 3.8) is 0 Å². The van der Waals surface area contributed by atoms with Crippen molar-refractivity contribution in [2.24, 2.45) is 0 Å². The first-order valence-electron chi connectivity index (χ1n) is 20.9. The number of aliphatic hydroxyl groups excluding tert-OH is 1. The maximum atomic E-state index is 8.59. The maximum Gasteiger partial charge on any atom is 0.0701 e. The van der Waals surface area contributed by atoms with Gasteiger partial charge >= 0.3 is 0 Å². The predicted molar refractivity (Wildman–Crippen MR) is 214 cm³/mol. The number of rotatable bonds is 56. The van der Waals surface area contributed by atoms with Crippen LogP contribution in [0.2, 0.25) is 0 Å². The summed E-state index contributed by atoms with van der Waals surface area (Å²) in [4.78, 5) is 0. The van der Waals surface area contributed by atoms with Crippen LogP contribution in [-0.2, 0) is 90.0 Å². The SMILES string of the molecule is COCCOCCOCCOCCOCCOCCOCCOCCOCCOCCOCCOCCOCCOCCOCCOCCOCCOCCOCCO. The number of hydrogen-bond acceptors (Lipinski definition) is 20. The van der Waals surface area contributed by atoms with Crippen LogP contribution in [0.15, 0.2) is 0 Å². The Morgan fingerprint density at radius 2 is 0.271 bits per heavy atom. The van der Waals surface area contributed by atoms with Gasteiger partial charge in [0.1, 0.15) is 0 Å². The van der Waals surface area contributed by atoms with Gasteiger partial charge in [0.15, 0.2) is 0 Å². The smallest absolute Gasteiger partial charge is 0.0701 e. The Morgan fingerprint density at radius 3 is 0.373 bits per heavy atom. The van der Waals surface area contributed by atoms with Gasteiger partial charge in [-0.1, -0.05) is 0 Å². The summed E-state index contributed by atoms with van der Waals surface area (Å²) in [6.45, 7) is 18.6. The largest absolute Gasteiger partial charge is 0.394 e. The molecule has 356 valence electrons. The summed E-state index contributed by atoms with van der Waals surface area (Å²) in [6, 6.07) is 0. The van der Waals surface area contributed by atoms with Gasteiger partial charge in [0.25, 0.3) is 0 Å². The second-order valence-corrected chi connectivity index (χ2v) is 11.7. The van der Waals surface area contributed by atoms with E-state index in [2.05, 4.69) is 0 Å². The van der Waals surface area contributed by atoms with Gasteiger partial charge in [-0.15, -0.1) is 0 Å². The van der Waals surface area contributed by atoms with Crippen LogP contribution in [0.25, 0.3) is 0 Å². The zero-order valence-corrected chi connectivity index (χ0v) is 36.1. The highest BCUT2D eigenvalue weighted by Crippen LogP contribution is 1.89. The summed E-state index contributed by atoms with van der Waals surface area (Å²) in [5, 5.41) is 8.59. The summed E-state index contributed by atoms with van der Waals surface area (Å²) in [7, 11) is 1.64. The lowest BCUT2D eigenvalue weighted by atomic mass is 10.6. The van der Waals surface area contributed by atoms with E-state index in [4.69, 9.17) is 95.1 Å². The molecule has 20 nitrogen and oxygen atoms in total. The Morgan fingerprint density at radius 1 is 0.169 bits per heavy atom. The van der Waals surface area contributed by atoms with Crippen LogP contribution in [-0.4, -0.2) is 263 Å². The third-order valence-corrected chi connectivity index (χ3v) is 6.99. The van der Waals surface area contributed by atoms with Crippen molar-refractivity contribution < 1.29 is 95.1 Å². The number of ether oxygens (including phenoxy) is 19. The minimum atomic E-state index is 0.0207. The van der Waals surface area contributed by atoms with E-state index >= 15 is 0 Å². The summed E-state index contributed by atoms with van der Waals surface area (Å²) >= 11 is 0. The van der Waals surface area contributed by atoms with Crippen molar-refractivity contribution >= 4 is 0 Å². The highest BCUT2D eigenvalue weighted by molar-refractivity contribution is 4.41. The number of aliphatic hydroxyl groups is 1. The predicted octanol–water partition coefficient (Wildman–Crippen LogP) is -0.0761. The standard InChI is InChI=1S/C39H80O20/c1-41-4-5-43-8-9-45-12-13-47-16-17-49-20-21-51-24-25-53-28-29-55-32-33-57-36-37-59-39-38-58-35-34-56-31-30-54-27-26-52-23-22-50-19-18-48-15-14-46-11-10-44-7-6-42-3-2-40/h40H,2-39H2,1H3. The number of methoxy groups -OCH3 is 1. The van der Waals surface area contributed by atoms with Crippen LogP contribution in [0.3, 0.4) is 0 Å². The molecule has 0 radical (unpaired) electrons. The summed E-state index contributed by atoms with van der Waals surface area (Å²) in [6.07, 6.45) is 0. The van der Waals surface area contributed by atoms with Gasteiger partial charge in [-0.05, 0) is 0 Å². The fourth-order valence-electron chi connectivity index (χ4n) is 4.05. The molecule has 0 aliphatic heterocycles. The van der Waals surface area contributed by atoms with E-state index in [0.29, 0.717) is 244 Å². The Labute approximate surface area is 353 Å². The van der Waals surface area contributed by atoms with Crippen molar-refractivity contribution in [2.45, 2.75) is 0 Å². The topological polar surface area (TPSA) is 196 Å². The normalized spacial score (nSPS) is 11.7. The Kier molecular flexibility index (Phi) is 56.4. The molecular formula is C39H80O20. The molecule has 0 heterocycles. The molecule has 0 aromatic rings. The van der Waals surface area contributed by atoms with E-state index in [1.807, 2.05) is 0 Å². The lowest BCUT2D eigenvalue weighted by Gasteiger charge is -2.09. The monoisotopic (exact) mass is 869 g/mol. The first-order chi connectivity index (χ1) is 29.4. The van der Waals surface area contributed by atoms with E-state index in [1.165, 1.54) is 0 Å². The molecule has 0 saturated heterocycles. The summed E-state index contributed by atoms with van der Waals surface area (Å²) < 4.78 is 103. The van der Waals surface area contributed by atoms with E-state index in [1.54, 1.807) is 7.11 Å². The van der Waals surface area contributed by atoms with Gasteiger partial charge in [0.05, 0.1) is 251 Å². The van der Waals surface area contributed by atoms with Crippen molar-refractivity contribution in [1.29, 1.82) is 0 Å². The molecule has 0 rings (SSSR count). The molecule has 1 N–H and O–H groups in total. The zero-order chi connectivity index (χ0) is 42.3. The van der Waals surface area contributed by atoms with Crippen molar-refractivity contribution in [2.75, 3.05) is 258 Å². The molecule has 0 unspecified atom stereocenters. The molecule has 0 aliphatic rings. The molecule has 0 aliphatic carbocycles. The quantitative estimate of drug-likeness (QED) is 0.0797. The number of hydrogen-bond donors (Lipinski definition) is 1. The Balaban J connectivity index is 3.06. The average molecular weight is 869 g/mol. The van der Waals surface area contributed by atoms with Gasteiger partial charge in [-0.25, -0.2) is 0 Å². The van der Waals surface area contributed by atoms with Crippen LogP contribution >= 0.6 is 0 Å². The van der Waals surface area contributed by atoms with E-state index in [9.17, 15) is 0 Å². The van der Waals surface area contributed by atoms with E-state index in [0.717, 1.165) is 0 Å². The van der Waals surface area contributed by atoms with Gasteiger partial charge in [0.2, 0.25) is 0 Å². The molecule has 0 bridgehead atoms. The molecule has 59 heavy (non-hydrogen) atoms. The summed E-state index contributed by atoms with van der Waals surface area (Å²) in [5.41, 5.74) is 0. The highest BCUT2D eigenvalue weighted by Gasteiger charge is 1.98. The molecule has 0 fully saturated rings. The van der Waals surface area contributed by atoms with Crippen molar-refractivity contribution in [3.05, 3.63) is 0 Å². The Bertz CT molecular complexity index is 663. The lowest BCUT2D eigenvalue weighted by Crippen LogP contribution is -2.16. The second kappa shape index (κ2) is 57.2. The molecule has 0 aromatic heterocycles. The molecular weight excluding hydrogens is 788 g/mol. The Hall–Kier alpha value is -0.800. The lowest BCUT2D eigenvalue weighted by molar-refractivity contribution is -0.0312. The molecule has 0 saturated carbocycles. The van der Waals surface area contributed by atoms with Crippen LogP contribution in [0, 0.1) is 0 Å². The fraction of sp³-hybridized carbons (Fsp3) is 1.00. The minimum Gasteiger partial charge on any atom is -0.394 e. The molecule has 20 heteroatoms. The van der Waals surface area contributed by atoms with Gasteiger partial charge < -0.3 is 95.1 Å². The van der Waals surface area contributed by atoms with Gasteiger partial charge in [0, 0.05) is 7.11 Å². The molecule has 0 atom stereocenters. The van der Waals surface area contributed by atoms with Crippen molar-refractivity contribution in [3.8, 4) is 0 Å². The average Bonchev–Trinajstić information content (AvgIpc) is 3.25. The van der Waals surface area contributed by atoms with Crippen LogP contribution < -0.4 is 0 Å². The summed E-state index contributed by atoms with van der Waals surface area (Å²) in [5.74, 6) is 0. The van der Waals surface area contributed by atoms with Crippen LogP contribution in [0.1, 0.15) is 0 Å². The molecule has 0 amide bonds. The molecule has 0 aromatic carbocycles. The van der Waals surface area contributed by atoms with E-state index in [-0.39, 0.29) is 6.61 Å². The first kappa shape index (κ1) is 58.2. The third kappa shape index (κ3) is 57.2. The molecule has 0 spiro atoms. The van der Waals surface area contributed by atoms with Crippen molar-refractivity contribution in [1.82, 2.24) is 0 Å². The van der Waals surface area contributed by atoms with Crippen LogP contribution in [0.4, 0.5) is 0 Å². The fourth-order valence-corrected chi connectivity index (χ4v) is 4.05. The first-order valence-corrected chi connectivity index (χ1v) is 20.9. The maximum absolute atomic E-state index is 8.59. The third-order valence-electron chi connectivity index (χ3n) is 6.99. The highest BCUT2D eigenvalue weighted by atomic mass is 16.6. The van der Waals surface area contributed by atoms with Gasteiger partial charge in [-0.3, -0.25) is 0 Å². The van der Waals surface area contributed by atoms with Crippen LogP contribution in [0.5, 0.6) is 0 Å². The second-order valence-electron chi connectivity index (χ2n) is 11.7. The van der Waals surface area contributed by atoms with Gasteiger partial charge in [-0.2, -0.15) is 0 Å². The van der Waals surface area contributed by atoms with E-state index < -0.39 is 0 Å². The zero-order valence-electron chi connectivity index (χ0n) is 36.1. The minimum absolute atomic E-state index is 0.0207.